The summed E-state index contributed by atoms with van der Waals surface area (Å²) in [6.45, 7) is 3.71. The number of hydrogen-bond donors (Lipinski definition) is 0. The monoisotopic (exact) mass is 554 g/mol. The molecule has 0 aliphatic heterocycles. The molecule has 3 atom stereocenters. The average molecular weight is 555 g/mol. The summed E-state index contributed by atoms with van der Waals surface area (Å²) in [5.74, 6) is -1.78. The van der Waals surface area contributed by atoms with Crippen LogP contribution in [0, 0.1) is 5.92 Å². The van der Waals surface area contributed by atoms with Gasteiger partial charge in [-0.05, 0) is 67.5 Å². The van der Waals surface area contributed by atoms with Gasteiger partial charge in [-0.2, -0.15) is 13.2 Å². The summed E-state index contributed by atoms with van der Waals surface area (Å²) >= 11 is 0. The van der Waals surface area contributed by atoms with E-state index in [0.717, 1.165) is 21.4 Å². The molecule has 2 unspecified atom stereocenters. The van der Waals surface area contributed by atoms with E-state index < -0.39 is 52.4 Å². The van der Waals surface area contributed by atoms with Crippen molar-refractivity contribution in [1.82, 2.24) is 18.3 Å². The Morgan fingerprint density at radius 2 is 1.80 bits per heavy atom. The standard InChI is InChI=1S/C28H25F3N4O5/c1-4-33-21-11-14(9-10-20(21)32(3)26(33)38)34-13-18(25(37)40-5-2)24(36)35(27(34)39)23-15-7-6-8-19(28(29,30)31)22(15)16-12-17(16)23/h6-11,13,16-17,23H,4-5,12H2,1-3H3/t16?,17?,23-/m0/s1. The van der Waals surface area contributed by atoms with E-state index >= 15 is 0 Å². The number of imidazole rings is 1. The highest BCUT2D eigenvalue weighted by molar-refractivity contribution is 5.89. The van der Waals surface area contributed by atoms with Crippen molar-refractivity contribution in [3.63, 3.8) is 0 Å². The number of esters is 1. The first-order chi connectivity index (χ1) is 19.0. The number of aromatic nitrogens is 4. The summed E-state index contributed by atoms with van der Waals surface area (Å²) in [6.07, 6.45) is -3.10. The Kier molecular flexibility index (Phi) is 5.72. The maximum absolute atomic E-state index is 14.0. The van der Waals surface area contributed by atoms with Crippen molar-refractivity contribution in [2.45, 2.75) is 44.9 Å². The largest absolute Gasteiger partial charge is 0.462 e. The number of benzene rings is 2. The Morgan fingerprint density at radius 3 is 2.48 bits per heavy atom. The van der Waals surface area contributed by atoms with E-state index in [2.05, 4.69) is 0 Å². The van der Waals surface area contributed by atoms with Gasteiger partial charge in [-0.3, -0.25) is 23.1 Å². The third-order valence-electron chi connectivity index (χ3n) is 8.00. The van der Waals surface area contributed by atoms with Crippen LogP contribution >= 0.6 is 0 Å². The maximum Gasteiger partial charge on any atom is 0.416 e. The van der Waals surface area contributed by atoms with Gasteiger partial charge >= 0.3 is 23.5 Å². The number of carbonyl (C=O) groups excluding carboxylic acids is 1. The molecule has 2 aromatic heterocycles. The van der Waals surface area contributed by atoms with Crippen LogP contribution in [0.5, 0.6) is 0 Å². The van der Waals surface area contributed by atoms with Crippen molar-refractivity contribution < 1.29 is 22.7 Å². The predicted molar refractivity (Wildman–Crippen MR) is 139 cm³/mol. The van der Waals surface area contributed by atoms with Crippen LogP contribution in [0.3, 0.4) is 0 Å². The summed E-state index contributed by atoms with van der Waals surface area (Å²) in [7, 11) is 1.63. The van der Waals surface area contributed by atoms with E-state index in [-0.39, 0.29) is 29.1 Å². The first-order valence-corrected chi connectivity index (χ1v) is 12.9. The highest BCUT2D eigenvalue weighted by atomic mass is 19.4. The topological polar surface area (TPSA) is 97.2 Å². The van der Waals surface area contributed by atoms with Crippen LogP contribution in [0.1, 0.15) is 59.3 Å². The molecule has 9 nitrogen and oxygen atoms in total. The van der Waals surface area contributed by atoms with Gasteiger partial charge in [0.2, 0.25) is 0 Å². The Morgan fingerprint density at radius 1 is 1.05 bits per heavy atom. The molecular weight excluding hydrogens is 529 g/mol. The molecule has 0 bridgehead atoms. The third kappa shape index (κ3) is 3.61. The van der Waals surface area contributed by atoms with Crippen molar-refractivity contribution in [3.8, 4) is 5.69 Å². The molecule has 1 fully saturated rings. The SMILES string of the molecule is CCOC(=O)c1cn(-c2ccc3c(c2)n(CC)c(=O)n3C)c(=O)n([C@H]2c3cccc(C(F)(F)F)c3C3CC32)c1=O. The summed E-state index contributed by atoms with van der Waals surface area (Å²) in [5.41, 5.74) is -1.39. The van der Waals surface area contributed by atoms with Crippen molar-refractivity contribution >= 4 is 17.0 Å². The highest BCUT2D eigenvalue weighted by Gasteiger charge is 2.56. The number of carbonyl (C=O) groups is 1. The number of halogens is 3. The molecule has 1 saturated carbocycles. The van der Waals surface area contributed by atoms with Crippen molar-refractivity contribution in [2.75, 3.05) is 6.61 Å². The van der Waals surface area contributed by atoms with Crippen molar-refractivity contribution in [3.05, 3.63) is 96.2 Å². The molecule has 0 N–H and O–H groups in total. The minimum Gasteiger partial charge on any atom is -0.462 e. The minimum absolute atomic E-state index is 0.0257. The molecule has 2 heterocycles. The zero-order valence-corrected chi connectivity index (χ0v) is 21.9. The van der Waals surface area contributed by atoms with Gasteiger partial charge in [0.1, 0.15) is 5.56 Å². The molecule has 0 spiro atoms. The lowest BCUT2D eigenvalue weighted by Gasteiger charge is -2.21. The molecule has 2 aliphatic carbocycles. The first-order valence-electron chi connectivity index (χ1n) is 12.9. The Labute approximate surface area is 224 Å². The molecular formula is C28H25F3N4O5. The first kappa shape index (κ1) is 25.9. The molecule has 2 aliphatic rings. The molecule has 208 valence electrons. The number of ether oxygens (including phenoxy) is 1. The summed E-state index contributed by atoms with van der Waals surface area (Å²) < 4.78 is 51.7. The van der Waals surface area contributed by atoms with Gasteiger partial charge in [-0.25, -0.2) is 14.4 Å². The van der Waals surface area contributed by atoms with Gasteiger partial charge in [-0.15, -0.1) is 0 Å². The minimum atomic E-state index is -4.59. The number of nitrogens with zero attached hydrogens (tertiary/aromatic N) is 4. The van der Waals surface area contributed by atoms with Crippen LogP contribution in [-0.4, -0.2) is 30.8 Å². The molecule has 12 heteroatoms. The Balaban J connectivity index is 1.62. The fraction of sp³-hybridized carbons (Fsp3) is 0.357. The molecule has 0 radical (unpaired) electrons. The van der Waals surface area contributed by atoms with Crippen LogP contribution in [0.15, 0.2) is 57.0 Å². The van der Waals surface area contributed by atoms with E-state index in [1.54, 1.807) is 39.1 Å². The van der Waals surface area contributed by atoms with Crippen molar-refractivity contribution in [1.29, 1.82) is 0 Å². The molecule has 4 aromatic rings. The predicted octanol–water partition coefficient (Wildman–Crippen LogP) is 3.57. The quantitative estimate of drug-likeness (QED) is 0.352. The normalized spacial score (nSPS) is 19.5. The van der Waals surface area contributed by atoms with Crippen molar-refractivity contribution in [2.24, 2.45) is 13.0 Å². The summed E-state index contributed by atoms with van der Waals surface area (Å²) in [4.78, 5) is 53.2. The van der Waals surface area contributed by atoms with Gasteiger partial charge in [0.05, 0.1) is 34.9 Å². The average Bonchev–Trinajstić information content (AvgIpc) is 3.58. The number of alkyl halides is 3. The van der Waals surface area contributed by atoms with Crippen LogP contribution in [0.25, 0.3) is 16.7 Å². The molecule has 2 aromatic carbocycles. The van der Waals surface area contributed by atoms with Gasteiger partial charge in [0, 0.05) is 19.8 Å². The Hall–Kier alpha value is -4.35. The fourth-order valence-corrected chi connectivity index (χ4v) is 6.16. The van der Waals surface area contributed by atoms with Gasteiger partial charge < -0.3 is 4.74 Å². The maximum atomic E-state index is 14.0. The smallest absolute Gasteiger partial charge is 0.416 e. The second-order valence-electron chi connectivity index (χ2n) is 10.1. The number of fused-ring (bicyclic) bond motifs is 4. The molecule has 0 saturated heterocycles. The number of hydrogen-bond acceptors (Lipinski definition) is 5. The fourth-order valence-electron chi connectivity index (χ4n) is 6.16. The van der Waals surface area contributed by atoms with E-state index in [0.29, 0.717) is 24.0 Å². The van der Waals surface area contributed by atoms with Crippen LogP contribution in [0.2, 0.25) is 0 Å². The highest BCUT2D eigenvalue weighted by Crippen LogP contribution is 2.64. The summed E-state index contributed by atoms with van der Waals surface area (Å²) in [6, 6.07) is 7.65. The second kappa shape index (κ2) is 8.83. The molecule has 40 heavy (non-hydrogen) atoms. The lowest BCUT2D eigenvalue weighted by Crippen LogP contribution is -2.44. The van der Waals surface area contributed by atoms with Crippen LogP contribution in [-0.2, 0) is 24.5 Å². The van der Waals surface area contributed by atoms with Crippen LogP contribution in [0.4, 0.5) is 13.2 Å². The lowest BCUT2D eigenvalue weighted by atomic mass is 9.97. The van der Waals surface area contributed by atoms with E-state index in [4.69, 9.17) is 4.74 Å². The molecule has 0 amide bonds. The second-order valence-corrected chi connectivity index (χ2v) is 10.1. The third-order valence-corrected chi connectivity index (χ3v) is 8.00. The summed E-state index contributed by atoms with van der Waals surface area (Å²) in [5, 5.41) is 0. The van der Waals surface area contributed by atoms with E-state index in [1.165, 1.54) is 21.3 Å². The zero-order valence-electron chi connectivity index (χ0n) is 21.9. The zero-order chi connectivity index (χ0) is 28.7. The van der Waals surface area contributed by atoms with Gasteiger partial charge in [0.15, 0.2) is 0 Å². The van der Waals surface area contributed by atoms with Gasteiger partial charge in [-0.1, -0.05) is 12.1 Å². The van der Waals surface area contributed by atoms with E-state index in [9.17, 15) is 32.3 Å². The number of rotatable bonds is 5. The Bertz CT molecular complexity index is 1900. The van der Waals surface area contributed by atoms with E-state index in [1.807, 2.05) is 0 Å². The van der Waals surface area contributed by atoms with Crippen LogP contribution < -0.4 is 16.9 Å². The molecule has 6 rings (SSSR count). The lowest BCUT2D eigenvalue weighted by molar-refractivity contribution is -0.138. The number of aryl methyl sites for hydroxylation is 2. The van der Waals surface area contributed by atoms with Gasteiger partial charge in [0.25, 0.3) is 5.56 Å².